The maximum absolute atomic E-state index is 11.9. The van der Waals surface area contributed by atoms with Crippen molar-refractivity contribution in [2.24, 2.45) is 4.99 Å². The molecule has 2 aromatic heterocycles. The Labute approximate surface area is 192 Å². The highest BCUT2D eigenvalue weighted by atomic mass is 127. The van der Waals surface area contributed by atoms with Crippen LogP contribution in [0, 0.1) is 0 Å². The molecule has 0 bridgehead atoms. The summed E-state index contributed by atoms with van der Waals surface area (Å²) in [5.74, 6) is 1.44. The molecule has 1 aliphatic rings. The fourth-order valence-corrected chi connectivity index (χ4v) is 3.54. The van der Waals surface area contributed by atoms with E-state index in [0.29, 0.717) is 18.5 Å². The van der Waals surface area contributed by atoms with Gasteiger partial charge in [0.1, 0.15) is 6.54 Å². The van der Waals surface area contributed by atoms with E-state index < -0.39 is 0 Å². The highest BCUT2D eigenvalue weighted by Crippen LogP contribution is 2.15. The number of thiophene rings is 1. The highest BCUT2D eigenvalue weighted by Gasteiger charge is 2.21. The molecule has 0 spiro atoms. The normalized spacial score (nSPS) is 14.8. The molecule has 1 aliphatic heterocycles. The first-order valence-corrected chi connectivity index (χ1v) is 10.3. The molecule has 0 aromatic carbocycles. The number of nitrogens with one attached hydrogen (secondary N) is 2. The standard InChI is InChI=1S/C19H27N7OS.HI/c1-25(2)17(27)14-23-18(22-13-16-5-3-12-28-16)24-15-6-10-26(11-7-15)19-20-8-4-9-21-19;/h3-5,8-9,12,15H,6-7,10-11,13-14H2,1-2H3,(H2,22,23,24);1H. The first-order valence-electron chi connectivity index (χ1n) is 9.41. The van der Waals surface area contributed by atoms with Crippen molar-refractivity contribution in [1.82, 2.24) is 25.5 Å². The lowest BCUT2D eigenvalue weighted by Gasteiger charge is -2.33. The molecule has 0 radical (unpaired) electrons. The number of aliphatic imine (C=N–C) groups is 1. The zero-order valence-corrected chi connectivity index (χ0v) is 19.9. The Morgan fingerprint density at radius 2 is 2.00 bits per heavy atom. The van der Waals surface area contributed by atoms with E-state index in [4.69, 9.17) is 0 Å². The Morgan fingerprint density at radius 1 is 1.28 bits per heavy atom. The van der Waals surface area contributed by atoms with Crippen molar-refractivity contribution in [2.45, 2.75) is 25.4 Å². The largest absolute Gasteiger partial charge is 0.354 e. The van der Waals surface area contributed by atoms with Crippen LogP contribution in [-0.4, -0.2) is 66.5 Å². The maximum atomic E-state index is 11.9. The molecule has 0 atom stereocenters. The Balaban J connectivity index is 0.00000300. The number of halogens is 1. The number of aromatic nitrogens is 2. The Hall–Kier alpha value is -1.95. The number of hydrogen-bond acceptors (Lipinski definition) is 6. The molecule has 10 heteroatoms. The molecule has 8 nitrogen and oxygen atoms in total. The third kappa shape index (κ3) is 7.42. The predicted molar refractivity (Wildman–Crippen MR) is 128 cm³/mol. The molecule has 2 aromatic rings. The van der Waals surface area contributed by atoms with Crippen LogP contribution in [0.4, 0.5) is 5.95 Å². The molecule has 0 saturated carbocycles. The van der Waals surface area contributed by atoms with Gasteiger partial charge >= 0.3 is 0 Å². The van der Waals surface area contributed by atoms with Crippen LogP contribution in [0.1, 0.15) is 17.7 Å². The molecule has 1 fully saturated rings. The number of carbonyl (C=O) groups is 1. The first kappa shape index (κ1) is 23.3. The van der Waals surface area contributed by atoms with Crippen molar-refractivity contribution in [3.63, 3.8) is 0 Å². The van der Waals surface area contributed by atoms with Crippen LogP contribution >= 0.6 is 35.3 Å². The number of guanidine groups is 1. The summed E-state index contributed by atoms with van der Waals surface area (Å²) in [5, 5.41) is 8.89. The summed E-state index contributed by atoms with van der Waals surface area (Å²) in [6, 6.07) is 6.24. The van der Waals surface area contributed by atoms with Gasteiger partial charge in [-0.15, -0.1) is 35.3 Å². The van der Waals surface area contributed by atoms with Crippen LogP contribution < -0.4 is 15.5 Å². The fraction of sp³-hybridized carbons (Fsp3) is 0.474. The summed E-state index contributed by atoms with van der Waals surface area (Å²) >= 11 is 1.70. The van der Waals surface area contributed by atoms with E-state index in [0.717, 1.165) is 31.9 Å². The molecule has 3 rings (SSSR count). The molecule has 29 heavy (non-hydrogen) atoms. The minimum absolute atomic E-state index is 0. The summed E-state index contributed by atoms with van der Waals surface area (Å²) in [6.07, 6.45) is 5.46. The minimum Gasteiger partial charge on any atom is -0.354 e. The van der Waals surface area contributed by atoms with Crippen LogP contribution in [0.5, 0.6) is 0 Å². The number of amides is 1. The van der Waals surface area contributed by atoms with Gasteiger partial charge in [0.25, 0.3) is 0 Å². The van der Waals surface area contributed by atoms with E-state index in [1.807, 2.05) is 12.1 Å². The topological polar surface area (TPSA) is 85.8 Å². The lowest BCUT2D eigenvalue weighted by Crippen LogP contribution is -2.49. The van der Waals surface area contributed by atoms with Gasteiger partial charge in [-0.05, 0) is 30.4 Å². The SMILES string of the molecule is CN(C)C(=O)CN=C(NCc1cccs1)NC1CCN(c2ncccn2)CC1.I. The van der Waals surface area contributed by atoms with E-state index in [2.05, 4.69) is 41.9 Å². The summed E-state index contributed by atoms with van der Waals surface area (Å²) in [7, 11) is 3.48. The average molecular weight is 529 g/mol. The van der Waals surface area contributed by atoms with Crippen molar-refractivity contribution in [3.8, 4) is 0 Å². The summed E-state index contributed by atoms with van der Waals surface area (Å²) in [6.45, 7) is 2.59. The number of anilines is 1. The molecule has 2 N–H and O–H groups in total. The number of hydrogen-bond donors (Lipinski definition) is 2. The molecule has 0 aliphatic carbocycles. The zero-order valence-electron chi connectivity index (χ0n) is 16.7. The number of piperidine rings is 1. The van der Waals surface area contributed by atoms with Crippen molar-refractivity contribution < 1.29 is 4.79 Å². The number of carbonyl (C=O) groups excluding carboxylic acids is 1. The van der Waals surface area contributed by atoms with Gasteiger partial charge in [0.15, 0.2) is 5.96 Å². The van der Waals surface area contributed by atoms with Gasteiger partial charge in [0.2, 0.25) is 11.9 Å². The monoisotopic (exact) mass is 529 g/mol. The minimum atomic E-state index is -0.0201. The smallest absolute Gasteiger partial charge is 0.243 e. The second-order valence-corrected chi connectivity index (χ2v) is 7.87. The molecular weight excluding hydrogens is 501 g/mol. The number of likely N-dealkylation sites (N-methyl/N-ethyl adjacent to an activating group) is 1. The van der Waals surface area contributed by atoms with Crippen LogP contribution in [0.2, 0.25) is 0 Å². The molecular formula is C19H28IN7OS. The van der Waals surface area contributed by atoms with Crippen molar-refractivity contribution in [2.75, 3.05) is 38.6 Å². The molecule has 1 amide bonds. The van der Waals surface area contributed by atoms with E-state index in [9.17, 15) is 4.79 Å². The lowest BCUT2D eigenvalue weighted by molar-refractivity contribution is -0.127. The number of rotatable bonds is 6. The molecule has 3 heterocycles. The van der Waals surface area contributed by atoms with Crippen molar-refractivity contribution >= 4 is 53.1 Å². The maximum Gasteiger partial charge on any atom is 0.243 e. The van der Waals surface area contributed by atoms with Crippen molar-refractivity contribution in [3.05, 3.63) is 40.8 Å². The summed E-state index contributed by atoms with van der Waals surface area (Å²) < 4.78 is 0. The summed E-state index contributed by atoms with van der Waals surface area (Å²) in [5.41, 5.74) is 0. The van der Waals surface area contributed by atoms with E-state index >= 15 is 0 Å². The lowest BCUT2D eigenvalue weighted by atomic mass is 10.1. The molecule has 1 saturated heterocycles. The van der Waals surface area contributed by atoms with Gasteiger partial charge in [-0.2, -0.15) is 0 Å². The van der Waals surface area contributed by atoms with Crippen LogP contribution in [0.15, 0.2) is 41.0 Å². The second-order valence-electron chi connectivity index (χ2n) is 6.84. The fourth-order valence-electron chi connectivity index (χ4n) is 2.90. The van der Waals surface area contributed by atoms with Crippen LogP contribution in [0.3, 0.4) is 0 Å². The second kappa shape index (κ2) is 11.9. The summed E-state index contributed by atoms with van der Waals surface area (Å²) in [4.78, 5) is 30.0. The van der Waals surface area contributed by atoms with Gasteiger partial charge in [-0.25, -0.2) is 15.0 Å². The average Bonchev–Trinajstić information content (AvgIpc) is 3.24. The Morgan fingerprint density at radius 3 is 2.62 bits per heavy atom. The molecule has 158 valence electrons. The third-order valence-electron chi connectivity index (χ3n) is 4.55. The van der Waals surface area contributed by atoms with E-state index in [1.54, 1.807) is 42.7 Å². The Kier molecular flexibility index (Phi) is 9.58. The van der Waals surface area contributed by atoms with Gasteiger partial charge in [0, 0.05) is 50.5 Å². The Bertz CT molecular complexity index is 762. The quantitative estimate of drug-likeness (QED) is 0.338. The van der Waals surface area contributed by atoms with Gasteiger partial charge in [-0.1, -0.05) is 6.07 Å². The third-order valence-corrected chi connectivity index (χ3v) is 5.43. The van der Waals surface area contributed by atoms with Gasteiger partial charge in [0.05, 0.1) is 6.54 Å². The van der Waals surface area contributed by atoms with Crippen LogP contribution in [0.25, 0.3) is 0 Å². The van der Waals surface area contributed by atoms with Crippen LogP contribution in [-0.2, 0) is 11.3 Å². The highest BCUT2D eigenvalue weighted by molar-refractivity contribution is 14.0. The number of nitrogens with zero attached hydrogens (tertiary/aromatic N) is 5. The van der Waals surface area contributed by atoms with E-state index in [-0.39, 0.29) is 36.4 Å². The van der Waals surface area contributed by atoms with E-state index in [1.165, 1.54) is 4.88 Å². The molecule has 0 unspecified atom stereocenters. The van der Waals surface area contributed by atoms with Crippen molar-refractivity contribution in [1.29, 1.82) is 0 Å². The van der Waals surface area contributed by atoms with Gasteiger partial charge in [-0.3, -0.25) is 4.79 Å². The van der Waals surface area contributed by atoms with Gasteiger partial charge < -0.3 is 20.4 Å². The zero-order chi connectivity index (χ0) is 19.8. The first-order chi connectivity index (χ1) is 13.6. The predicted octanol–water partition coefficient (Wildman–Crippen LogP) is 1.95.